The highest BCUT2D eigenvalue weighted by Gasteiger charge is 2.34. The smallest absolute Gasteiger partial charge is 0.243 e. The van der Waals surface area contributed by atoms with Crippen molar-refractivity contribution in [3.05, 3.63) is 23.8 Å². The van der Waals surface area contributed by atoms with Gasteiger partial charge in [-0.2, -0.15) is 4.31 Å². The predicted molar refractivity (Wildman–Crippen MR) is 81.5 cm³/mol. The first-order valence-corrected chi connectivity index (χ1v) is 8.32. The van der Waals surface area contributed by atoms with Crippen molar-refractivity contribution in [3.63, 3.8) is 0 Å². The van der Waals surface area contributed by atoms with Gasteiger partial charge < -0.3 is 10.6 Å². The monoisotopic (exact) mass is 297 g/mol. The van der Waals surface area contributed by atoms with Crippen LogP contribution in [-0.2, 0) is 10.0 Å². The third-order valence-electron chi connectivity index (χ3n) is 3.86. The summed E-state index contributed by atoms with van der Waals surface area (Å²) >= 11 is 0. The maximum atomic E-state index is 12.7. The highest BCUT2D eigenvalue weighted by atomic mass is 32.2. The van der Waals surface area contributed by atoms with Crippen molar-refractivity contribution in [1.29, 1.82) is 0 Å². The summed E-state index contributed by atoms with van der Waals surface area (Å²) in [5, 5.41) is 0. The minimum Gasteiger partial charge on any atom is -0.377 e. The molecule has 0 aromatic heterocycles. The number of hydrogen-bond donors (Lipinski definition) is 1. The normalized spacial score (nSPS) is 20.3. The van der Waals surface area contributed by atoms with Crippen LogP contribution in [0.2, 0.25) is 0 Å². The molecule has 0 spiro atoms. The van der Waals surface area contributed by atoms with Crippen molar-refractivity contribution in [2.75, 3.05) is 32.1 Å². The number of nitrogens with two attached hydrogens (primary N) is 1. The number of sulfonamides is 1. The third-order valence-corrected chi connectivity index (χ3v) is 5.81. The summed E-state index contributed by atoms with van der Waals surface area (Å²) in [6, 6.07) is 5.22. The Balaban J connectivity index is 2.42. The average molecular weight is 297 g/mol. The highest BCUT2D eigenvalue weighted by molar-refractivity contribution is 7.89. The zero-order valence-electron chi connectivity index (χ0n) is 12.3. The van der Waals surface area contributed by atoms with Crippen LogP contribution in [0, 0.1) is 6.92 Å². The summed E-state index contributed by atoms with van der Waals surface area (Å²) in [6.45, 7) is 2.92. The van der Waals surface area contributed by atoms with E-state index in [0.29, 0.717) is 18.0 Å². The van der Waals surface area contributed by atoms with Crippen molar-refractivity contribution in [2.24, 2.45) is 5.73 Å². The molecular formula is C14H23N3O2S. The average Bonchev–Trinajstić information content (AvgIpc) is 2.87. The molecule has 1 atom stereocenters. The fourth-order valence-corrected chi connectivity index (χ4v) is 4.45. The van der Waals surface area contributed by atoms with Crippen LogP contribution in [0.25, 0.3) is 0 Å². The molecule has 112 valence electrons. The summed E-state index contributed by atoms with van der Waals surface area (Å²) in [5.41, 5.74) is 7.67. The second-order valence-corrected chi connectivity index (χ2v) is 7.38. The van der Waals surface area contributed by atoms with Gasteiger partial charge in [0.2, 0.25) is 10.0 Å². The standard InChI is InChI=1S/C14H23N3O2S/c1-11-6-7-13(9-14(11)16(2)3)20(18,19)17-8-4-5-12(17)10-15/h6-7,9,12H,4-5,8,10,15H2,1-3H3. The number of benzene rings is 1. The molecule has 20 heavy (non-hydrogen) atoms. The minimum absolute atomic E-state index is 0.0656. The quantitative estimate of drug-likeness (QED) is 0.906. The van der Waals surface area contributed by atoms with E-state index in [2.05, 4.69) is 0 Å². The lowest BCUT2D eigenvalue weighted by molar-refractivity contribution is 0.393. The van der Waals surface area contributed by atoms with E-state index in [1.54, 1.807) is 16.4 Å². The molecule has 1 aromatic carbocycles. The van der Waals surface area contributed by atoms with Gasteiger partial charge in [-0.05, 0) is 37.5 Å². The first kappa shape index (κ1) is 15.3. The van der Waals surface area contributed by atoms with Crippen molar-refractivity contribution in [3.8, 4) is 0 Å². The van der Waals surface area contributed by atoms with E-state index in [0.717, 1.165) is 24.1 Å². The van der Waals surface area contributed by atoms with E-state index in [4.69, 9.17) is 5.73 Å². The Morgan fingerprint density at radius 3 is 2.70 bits per heavy atom. The van der Waals surface area contributed by atoms with Crippen LogP contribution in [-0.4, -0.2) is 45.9 Å². The molecule has 0 radical (unpaired) electrons. The van der Waals surface area contributed by atoms with E-state index >= 15 is 0 Å². The molecule has 0 aliphatic carbocycles. The summed E-state index contributed by atoms with van der Waals surface area (Å²) in [6.07, 6.45) is 1.73. The number of anilines is 1. The second kappa shape index (κ2) is 5.71. The topological polar surface area (TPSA) is 66.6 Å². The zero-order valence-corrected chi connectivity index (χ0v) is 13.2. The molecule has 1 saturated heterocycles. The summed E-state index contributed by atoms with van der Waals surface area (Å²) < 4.78 is 27.0. The van der Waals surface area contributed by atoms with Gasteiger partial charge in [0, 0.05) is 38.9 Å². The Kier molecular flexibility index (Phi) is 4.36. The van der Waals surface area contributed by atoms with E-state index in [1.165, 1.54) is 0 Å². The van der Waals surface area contributed by atoms with Gasteiger partial charge in [0.25, 0.3) is 0 Å². The van der Waals surface area contributed by atoms with Crippen LogP contribution in [0.15, 0.2) is 23.1 Å². The van der Waals surface area contributed by atoms with E-state index in [9.17, 15) is 8.42 Å². The van der Waals surface area contributed by atoms with Crippen LogP contribution in [0.1, 0.15) is 18.4 Å². The third kappa shape index (κ3) is 2.68. The molecule has 2 rings (SSSR count). The molecule has 0 amide bonds. The molecule has 1 aliphatic heterocycles. The lowest BCUT2D eigenvalue weighted by atomic mass is 10.2. The first-order valence-electron chi connectivity index (χ1n) is 6.88. The zero-order chi connectivity index (χ0) is 14.9. The fourth-order valence-electron chi connectivity index (χ4n) is 2.73. The predicted octanol–water partition coefficient (Wildman–Crippen LogP) is 1.17. The van der Waals surface area contributed by atoms with Gasteiger partial charge in [0.05, 0.1) is 4.90 Å². The van der Waals surface area contributed by atoms with Crippen molar-refractivity contribution in [2.45, 2.75) is 30.7 Å². The number of aryl methyl sites for hydroxylation is 1. The van der Waals surface area contributed by atoms with Gasteiger partial charge in [-0.1, -0.05) is 6.07 Å². The molecule has 2 N–H and O–H groups in total. The summed E-state index contributed by atoms with van der Waals surface area (Å²) in [5.74, 6) is 0. The summed E-state index contributed by atoms with van der Waals surface area (Å²) in [7, 11) is 0.382. The Hall–Kier alpha value is -1.11. The SMILES string of the molecule is Cc1ccc(S(=O)(=O)N2CCCC2CN)cc1N(C)C. The van der Waals surface area contributed by atoms with Crippen LogP contribution < -0.4 is 10.6 Å². The number of rotatable bonds is 4. The lowest BCUT2D eigenvalue weighted by Gasteiger charge is -2.24. The molecule has 6 heteroatoms. The van der Waals surface area contributed by atoms with Gasteiger partial charge >= 0.3 is 0 Å². The first-order chi connectivity index (χ1) is 9.37. The van der Waals surface area contributed by atoms with Crippen molar-refractivity contribution >= 4 is 15.7 Å². The van der Waals surface area contributed by atoms with E-state index in [1.807, 2.05) is 32.0 Å². The molecule has 1 unspecified atom stereocenters. The fraction of sp³-hybridized carbons (Fsp3) is 0.571. The van der Waals surface area contributed by atoms with Crippen LogP contribution in [0.4, 0.5) is 5.69 Å². The number of nitrogens with zero attached hydrogens (tertiary/aromatic N) is 2. The largest absolute Gasteiger partial charge is 0.377 e. The number of hydrogen-bond acceptors (Lipinski definition) is 4. The van der Waals surface area contributed by atoms with E-state index in [-0.39, 0.29) is 6.04 Å². The Bertz CT molecular complexity index is 584. The molecule has 0 bridgehead atoms. The minimum atomic E-state index is -3.45. The van der Waals surface area contributed by atoms with Gasteiger partial charge in [-0.25, -0.2) is 8.42 Å². The molecule has 5 nitrogen and oxygen atoms in total. The Morgan fingerprint density at radius 1 is 1.40 bits per heavy atom. The lowest BCUT2D eigenvalue weighted by Crippen LogP contribution is -2.39. The van der Waals surface area contributed by atoms with Crippen LogP contribution >= 0.6 is 0 Å². The Labute approximate surface area is 121 Å². The second-order valence-electron chi connectivity index (χ2n) is 5.49. The van der Waals surface area contributed by atoms with Gasteiger partial charge in [0.15, 0.2) is 0 Å². The molecule has 1 fully saturated rings. The van der Waals surface area contributed by atoms with Gasteiger partial charge in [-0.15, -0.1) is 0 Å². The maximum absolute atomic E-state index is 12.7. The Morgan fingerprint density at radius 2 is 2.10 bits per heavy atom. The summed E-state index contributed by atoms with van der Waals surface area (Å²) in [4.78, 5) is 2.28. The van der Waals surface area contributed by atoms with Crippen molar-refractivity contribution < 1.29 is 8.42 Å². The van der Waals surface area contributed by atoms with Gasteiger partial charge in [-0.3, -0.25) is 0 Å². The van der Waals surface area contributed by atoms with Gasteiger partial charge in [0.1, 0.15) is 0 Å². The molecule has 1 aliphatic rings. The molecule has 0 saturated carbocycles. The maximum Gasteiger partial charge on any atom is 0.243 e. The molecule has 1 heterocycles. The molecule has 1 aromatic rings. The highest BCUT2D eigenvalue weighted by Crippen LogP contribution is 2.28. The molecular weight excluding hydrogens is 274 g/mol. The van der Waals surface area contributed by atoms with Crippen LogP contribution in [0.3, 0.4) is 0 Å². The van der Waals surface area contributed by atoms with E-state index < -0.39 is 10.0 Å². The van der Waals surface area contributed by atoms with Crippen molar-refractivity contribution in [1.82, 2.24) is 4.31 Å². The van der Waals surface area contributed by atoms with Crippen LogP contribution in [0.5, 0.6) is 0 Å².